The molecule has 1 rings (SSSR count). The summed E-state index contributed by atoms with van der Waals surface area (Å²) in [6.45, 7) is 4.11. The summed E-state index contributed by atoms with van der Waals surface area (Å²) in [7, 11) is 0. The topological polar surface area (TPSA) is 26.3 Å². The van der Waals surface area contributed by atoms with Crippen molar-refractivity contribution in [3.8, 4) is 0 Å². The Labute approximate surface area is 95.7 Å². The van der Waals surface area contributed by atoms with Crippen molar-refractivity contribution in [1.82, 2.24) is 0 Å². The molecule has 0 aliphatic carbocycles. The molecule has 0 aromatic carbocycles. The molecule has 0 aliphatic rings. The number of esters is 1. The third kappa shape index (κ3) is 3.27. The van der Waals surface area contributed by atoms with Crippen LogP contribution in [0.25, 0.3) is 5.57 Å². The minimum Gasteiger partial charge on any atom is -0.463 e. The van der Waals surface area contributed by atoms with Crippen LogP contribution < -0.4 is 0 Å². The Morgan fingerprint density at radius 3 is 2.86 bits per heavy atom. The summed E-state index contributed by atoms with van der Waals surface area (Å²) in [5.41, 5.74) is 0.930. The maximum Gasteiger partial charge on any atom is 0.331 e. The lowest BCUT2D eigenvalue weighted by Crippen LogP contribution is -1.99. The first-order valence-electron chi connectivity index (χ1n) is 4.24. The van der Waals surface area contributed by atoms with Gasteiger partial charge in [0.25, 0.3) is 0 Å². The summed E-state index contributed by atoms with van der Waals surface area (Å²) >= 11 is 4.97. The van der Waals surface area contributed by atoms with Crippen LogP contribution in [0.4, 0.5) is 0 Å². The van der Waals surface area contributed by atoms with E-state index in [-0.39, 0.29) is 5.97 Å². The van der Waals surface area contributed by atoms with E-state index in [1.807, 2.05) is 19.1 Å². The largest absolute Gasteiger partial charge is 0.463 e. The van der Waals surface area contributed by atoms with Gasteiger partial charge in [-0.1, -0.05) is 0 Å². The van der Waals surface area contributed by atoms with Gasteiger partial charge in [0.2, 0.25) is 0 Å². The van der Waals surface area contributed by atoms with Gasteiger partial charge in [0.05, 0.1) is 10.4 Å². The summed E-state index contributed by atoms with van der Waals surface area (Å²) in [4.78, 5) is 12.2. The highest BCUT2D eigenvalue weighted by Crippen LogP contribution is 2.27. The molecule has 1 heterocycles. The number of hydrogen-bond donors (Lipinski definition) is 0. The molecule has 0 N–H and O–H groups in total. The second-order valence-corrected chi connectivity index (χ2v) is 5.15. The highest BCUT2D eigenvalue weighted by Gasteiger charge is 2.03. The minimum atomic E-state index is -0.283. The van der Waals surface area contributed by atoms with Crippen LogP contribution in [0, 0.1) is 0 Å². The smallest absolute Gasteiger partial charge is 0.331 e. The molecule has 0 saturated carbocycles. The van der Waals surface area contributed by atoms with E-state index < -0.39 is 0 Å². The molecular weight excluding hydrogens is 264 g/mol. The van der Waals surface area contributed by atoms with Gasteiger partial charge in [0.1, 0.15) is 0 Å². The van der Waals surface area contributed by atoms with Crippen LogP contribution in [0.15, 0.2) is 22.0 Å². The number of allylic oxidation sites excluding steroid dienone is 1. The summed E-state index contributed by atoms with van der Waals surface area (Å²) in [5.74, 6) is -0.283. The molecule has 76 valence electrons. The molecule has 0 amide bonds. The molecule has 0 aliphatic heterocycles. The third-order valence-electron chi connectivity index (χ3n) is 1.58. The van der Waals surface area contributed by atoms with Crippen LogP contribution in [0.5, 0.6) is 0 Å². The lowest BCUT2D eigenvalue weighted by Gasteiger charge is -1.98. The van der Waals surface area contributed by atoms with Gasteiger partial charge in [0, 0.05) is 11.0 Å². The van der Waals surface area contributed by atoms with Crippen molar-refractivity contribution in [1.29, 1.82) is 0 Å². The lowest BCUT2D eigenvalue weighted by atomic mass is 10.2. The molecule has 14 heavy (non-hydrogen) atoms. The van der Waals surface area contributed by atoms with E-state index >= 15 is 0 Å². The van der Waals surface area contributed by atoms with Gasteiger partial charge in [-0.05, 0) is 47.5 Å². The predicted molar refractivity (Wildman–Crippen MR) is 62.3 cm³/mol. The Kier molecular flexibility index (Phi) is 4.35. The van der Waals surface area contributed by atoms with E-state index in [4.69, 9.17) is 4.74 Å². The van der Waals surface area contributed by atoms with Gasteiger partial charge in [-0.15, -0.1) is 11.3 Å². The molecule has 1 aromatic rings. The fourth-order valence-corrected chi connectivity index (χ4v) is 2.32. The van der Waals surface area contributed by atoms with Gasteiger partial charge >= 0.3 is 5.97 Å². The van der Waals surface area contributed by atoms with Crippen molar-refractivity contribution < 1.29 is 9.53 Å². The average molecular weight is 275 g/mol. The molecule has 2 nitrogen and oxygen atoms in total. The molecule has 0 unspecified atom stereocenters. The molecule has 0 radical (unpaired) electrons. The van der Waals surface area contributed by atoms with Crippen LogP contribution in [0.1, 0.15) is 18.7 Å². The summed E-state index contributed by atoms with van der Waals surface area (Å²) < 4.78 is 5.88. The van der Waals surface area contributed by atoms with Crippen LogP contribution in [0.3, 0.4) is 0 Å². The normalized spacial score (nSPS) is 11.5. The minimum absolute atomic E-state index is 0.283. The first-order valence-corrected chi connectivity index (χ1v) is 5.85. The van der Waals surface area contributed by atoms with Crippen molar-refractivity contribution in [3.63, 3.8) is 0 Å². The van der Waals surface area contributed by atoms with Crippen molar-refractivity contribution in [3.05, 3.63) is 26.9 Å². The number of halogens is 1. The summed E-state index contributed by atoms with van der Waals surface area (Å²) in [6, 6.07) is 3.93. The van der Waals surface area contributed by atoms with Crippen molar-refractivity contribution in [2.45, 2.75) is 13.8 Å². The Morgan fingerprint density at radius 2 is 2.36 bits per heavy atom. The number of rotatable bonds is 3. The van der Waals surface area contributed by atoms with E-state index in [2.05, 4.69) is 15.9 Å². The van der Waals surface area contributed by atoms with Gasteiger partial charge in [0.15, 0.2) is 0 Å². The monoisotopic (exact) mass is 274 g/mol. The number of hydrogen-bond acceptors (Lipinski definition) is 3. The Morgan fingerprint density at radius 1 is 1.64 bits per heavy atom. The number of thiophene rings is 1. The maximum absolute atomic E-state index is 11.1. The van der Waals surface area contributed by atoms with Crippen LogP contribution >= 0.6 is 27.3 Å². The fraction of sp³-hybridized carbons (Fsp3) is 0.300. The quantitative estimate of drug-likeness (QED) is 0.623. The van der Waals surface area contributed by atoms with Crippen molar-refractivity contribution >= 4 is 38.8 Å². The van der Waals surface area contributed by atoms with Crippen molar-refractivity contribution in [2.24, 2.45) is 0 Å². The van der Waals surface area contributed by atoms with E-state index in [1.165, 1.54) is 6.08 Å². The second-order valence-electron chi connectivity index (χ2n) is 2.68. The summed E-state index contributed by atoms with van der Waals surface area (Å²) in [5, 5.41) is 0. The molecule has 1 aromatic heterocycles. The second kappa shape index (κ2) is 5.32. The van der Waals surface area contributed by atoms with E-state index in [1.54, 1.807) is 18.3 Å². The molecule has 0 fully saturated rings. The SMILES string of the molecule is CCOC(=O)/C=C(/C)c1ccc(Br)s1. The van der Waals surface area contributed by atoms with Gasteiger partial charge in [-0.3, -0.25) is 0 Å². The standard InChI is InChI=1S/C10H11BrO2S/c1-3-13-10(12)6-7(2)8-4-5-9(11)14-8/h4-6H,3H2,1-2H3/b7-6-. The number of carbonyl (C=O) groups excluding carboxylic acids is 1. The Bertz CT molecular complexity index is 355. The lowest BCUT2D eigenvalue weighted by molar-refractivity contribution is -0.137. The Balaban J connectivity index is 2.74. The Hall–Kier alpha value is -0.610. The highest BCUT2D eigenvalue weighted by atomic mass is 79.9. The number of carbonyl (C=O) groups is 1. The van der Waals surface area contributed by atoms with Gasteiger partial charge in [-0.25, -0.2) is 4.79 Å². The molecule has 4 heteroatoms. The fourth-order valence-electron chi connectivity index (χ4n) is 0.958. The number of ether oxygens (including phenoxy) is 1. The molecular formula is C10H11BrO2S. The first kappa shape index (κ1) is 11.5. The van der Waals surface area contributed by atoms with Crippen LogP contribution in [0.2, 0.25) is 0 Å². The predicted octanol–water partition coefficient (Wildman–Crippen LogP) is 3.48. The van der Waals surface area contributed by atoms with Crippen LogP contribution in [-0.4, -0.2) is 12.6 Å². The average Bonchev–Trinajstić information content (AvgIpc) is 2.52. The van der Waals surface area contributed by atoms with Gasteiger partial charge in [-0.2, -0.15) is 0 Å². The van der Waals surface area contributed by atoms with Crippen molar-refractivity contribution in [2.75, 3.05) is 6.61 Å². The molecule has 0 spiro atoms. The zero-order chi connectivity index (χ0) is 10.6. The third-order valence-corrected chi connectivity index (χ3v) is 3.34. The van der Waals surface area contributed by atoms with E-state index in [0.29, 0.717) is 6.61 Å². The molecule has 0 atom stereocenters. The van der Waals surface area contributed by atoms with E-state index in [0.717, 1.165) is 14.2 Å². The van der Waals surface area contributed by atoms with E-state index in [9.17, 15) is 4.79 Å². The molecule has 0 saturated heterocycles. The summed E-state index contributed by atoms with van der Waals surface area (Å²) in [6.07, 6.45) is 1.52. The maximum atomic E-state index is 11.1. The zero-order valence-electron chi connectivity index (χ0n) is 8.04. The first-order chi connectivity index (χ1) is 6.63. The zero-order valence-corrected chi connectivity index (χ0v) is 10.4. The van der Waals surface area contributed by atoms with Crippen LogP contribution in [-0.2, 0) is 9.53 Å². The van der Waals surface area contributed by atoms with Gasteiger partial charge < -0.3 is 4.74 Å². The highest BCUT2D eigenvalue weighted by molar-refractivity contribution is 9.11. The molecule has 0 bridgehead atoms.